The molecule has 7 heteroatoms. The number of hydrogen-bond donors (Lipinski definition) is 3. The average Bonchev–Trinajstić information content (AvgIpc) is 2.32. The summed E-state index contributed by atoms with van der Waals surface area (Å²) in [7, 11) is 0. The van der Waals surface area contributed by atoms with E-state index in [4.69, 9.17) is 5.11 Å². The first-order chi connectivity index (χ1) is 9.22. The second kappa shape index (κ2) is 6.31. The van der Waals surface area contributed by atoms with Gasteiger partial charge in [-0.3, -0.25) is 0 Å². The Morgan fingerprint density at radius 3 is 2.30 bits per heavy atom. The molecule has 0 aromatic heterocycles. The van der Waals surface area contributed by atoms with Crippen LogP contribution in [0.4, 0.5) is 19.3 Å². The van der Waals surface area contributed by atoms with Crippen LogP contribution in [-0.4, -0.2) is 23.1 Å². The lowest BCUT2D eigenvalue weighted by molar-refractivity contribution is -0.140. The highest BCUT2D eigenvalue weighted by molar-refractivity contribution is 5.92. The molecule has 0 radical (unpaired) electrons. The van der Waals surface area contributed by atoms with Gasteiger partial charge >= 0.3 is 12.0 Å². The van der Waals surface area contributed by atoms with Gasteiger partial charge in [0.25, 0.3) is 0 Å². The molecule has 110 valence electrons. The van der Waals surface area contributed by atoms with Crippen molar-refractivity contribution in [2.45, 2.75) is 26.8 Å². The number of halogens is 2. The number of benzene rings is 1. The van der Waals surface area contributed by atoms with Crippen molar-refractivity contribution < 1.29 is 23.5 Å². The Morgan fingerprint density at radius 2 is 1.80 bits per heavy atom. The van der Waals surface area contributed by atoms with Gasteiger partial charge in [-0.2, -0.15) is 0 Å². The van der Waals surface area contributed by atoms with E-state index in [1.54, 1.807) is 13.8 Å². The summed E-state index contributed by atoms with van der Waals surface area (Å²) < 4.78 is 26.8. The molecule has 0 aliphatic rings. The van der Waals surface area contributed by atoms with Crippen molar-refractivity contribution in [2.24, 2.45) is 5.92 Å². The Bertz CT molecular complexity index is 533. The number of carboxylic acid groups (broad SMARTS) is 1. The third-order valence-corrected chi connectivity index (χ3v) is 2.72. The van der Waals surface area contributed by atoms with Crippen molar-refractivity contribution in [1.82, 2.24) is 5.32 Å². The van der Waals surface area contributed by atoms with Crippen LogP contribution in [0.5, 0.6) is 0 Å². The molecule has 0 fully saturated rings. The second-order valence-electron chi connectivity index (χ2n) is 4.74. The lowest BCUT2D eigenvalue weighted by atomic mass is 10.1. The highest BCUT2D eigenvalue weighted by Gasteiger charge is 2.23. The number of aryl methyl sites for hydroxylation is 1. The fourth-order valence-electron chi connectivity index (χ4n) is 1.56. The molecule has 0 aliphatic heterocycles. The molecule has 0 saturated heterocycles. The molecule has 1 aromatic carbocycles. The SMILES string of the molecule is Cc1cc(F)c(NC(=O)N[C@@H](C(=O)O)C(C)C)cc1F. The smallest absolute Gasteiger partial charge is 0.326 e. The summed E-state index contributed by atoms with van der Waals surface area (Å²) in [5, 5.41) is 13.2. The van der Waals surface area contributed by atoms with Crippen molar-refractivity contribution in [3.8, 4) is 0 Å². The molecule has 2 amide bonds. The molecule has 0 saturated carbocycles. The van der Waals surface area contributed by atoms with Gasteiger partial charge in [0, 0.05) is 6.07 Å². The quantitative estimate of drug-likeness (QED) is 0.795. The summed E-state index contributed by atoms with van der Waals surface area (Å²) >= 11 is 0. The van der Waals surface area contributed by atoms with Crippen molar-refractivity contribution in [3.63, 3.8) is 0 Å². The van der Waals surface area contributed by atoms with Gasteiger partial charge in [0.1, 0.15) is 17.7 Å². The summed E-state index contributed by atoms with van der Waals surface area (Å²) in [6, 6.07) is -0.237. The Hall–Kier alpha value is -2.18. The molecular formula is C13H16F2N2O3. The third kappa shape index (κ3) is 3.91. The van der Waals surface area contributed by atoms with Gasteiger partial charge in [-0.1, -0.05) is 13.8 Å². The van der Waals surface area contributed by atoms with Crippen molar-refractivity contribution >= 4 is 17.7 Å². The van der Waals surface area contributed by atoms with E-state index in [1.165, 1.54) is 6.92 Å². The van der Waals surface area contributed by atoms with E-state index in [-0.39, 0.29) is 17.2 Å². The van der Waals surface area contributed by atoms with Crippen molar-refractivity contribution in [2.75, 3.05) is 5.32 Å². The molecule has 0 spiro atoms. The minimum absolute atomic E-state index is 0.110. The number of aliphatic carboxylic acids is 1. The highest BCUT2D eigenvalue weighted by Crippen LogP contribution is 2.18. The van der Waals surface area contributed by atoms with Gasteiger partial charge in [0.15, 0.2) is 0 Å². The number of carbonyl (C=O) groups excluding carboxylic acids is 1. The summed E-state index contributed by atoms with van der Waals surface area (Å²) in [5.74, 6) is -3.01. The van der Waals surface area contributed by atoms with Crippen LogP contribution in [0.1, 0.15) is 19.4 Å². The van der Waals surface area contributed by atoms with E-state index in [0.29, 0.717) is 0 Å². The van der Waals surface area contributed by atoms with E-state index in [9.17, 15) is 18.4 Å². The molecule has 1 aromatic rings. The number of amides is 2. The minimum Gasteiger partial charge on any atom is -0.480 e. The molecule has 1 rings (SSSR count). The van der Waals surface area contributed by atoms with Gasteiger partial charge in [-0.15, -0.1) is 0 Å². The van der Waals surface area contributed by atoms with Crippen LogP contribution in [0.25, 0.3) is 0 Å². The van der Waals surface area contributed by atoms with Crippen LogP contribution in [0, 0.1) is 24.5 Å². The number of hydrogen-bond acceptors (Lipinski definition) is 2. The van der Waals surface area contributed by atoms with Gasteiger partial charge in [0.05, 0.1) is 5.69 Å². The van der Waals surface area contributed by atoms with E-state index >= 15 is 0 Å². The van der Waals surface area contributed by atoms with Crippen LogP contribution >= 0.6 is 0 Å². The van der Waals surface area contributed by atoms with E-state index in [1.807, 2.05) is 0 Å². The van der Waals surface area contributed by atoms with Gasteiger partial charge in [-0.05, 0) is 24.5 Å². The molecule has 20 heavy (non-hydrogen) atoms. The van der Waals surface area contributed by atoms with Crippen LogP contribution < -0.4 is 10.6 Å². The maximum Gasteiger partial charge on any atom is 0.326 e. The van der Waals surface area contributed by atoms with E-state index in [2.05, 4.69) is 10.6 Å². The van der Waals surface area contributed by atoms with Crippen LogP contribution in [-0.2, 0) is 4.79 Å². The molecule has 0 aliphatic carbocycles. The van der Waals surface area contributed by atoms with Crippen LogP contribution in [0.2, 0.25) is 0 Å². The predicted molar refractivity (Wildman–Crippen MR) is 69.5 cm³/mol. The Morgan fingerprint density at radius 1 is 1.20 bits per heavy atom. The summed E-state index contributed by atoms with van der Waals surface area (Å²) in [6.07, 6.45) is 0. The van der Waals surface area contributed by atoms with Crippen LogP contribution in [0.15, 0.2) is 12.1 Å². The number of rotatable bonds is 4. The van der Waals surface area contributed by atoms with Gasteiger partial charge < -0.3 is 15.7 Å². The summed E-state index contributed by atoms with van der Waals surface area (Å²) in [6.45, 7) is 4.62. The van der Waals surface area contributed by atoms with Gasteiger partial charge in [-0.25, -0.2) is 18.4 Å². The Balaban J connectivity index is 2.81. The lowest BCUT2D eigenvalue weighted by Crippen LogP contribution is -2.46. The lowest BCUT2D eigenvalue weighted by Gasteiger charge is -2.18. The monoisotopic (exact) mass is 286 g/mol. The zero-order valence-corrected chi connectivity index (χ0v) is 11.3. The standard InChI is InChI=1S/C13H16F2N2O3/c1-6(2)11(12(18)19)17-13(20)16-10-5-8(14)7(3)4-9(10)15/h4-6,11H,1-3H3,(H,18,19)(H2,16,17,20)/t11-/m1/s1. The molecule has 0 heterocycles. The van der Waals surface area contributed by atoms with Gasteiger partial charge in [0.2, 0.25) is 0 Å². The molecule has 0 bridgehead atoms. The summed E-state index contributed by atoms with van der Waals surface area (Å²) in [4.78, 5) is 22.5. The summed E-state index contributed by atoms with van der Waals surface area (Å²) in [5.41, 5.74) is -0.238. The minimum atomic E-state index is -1.20. The Labute approximate surface area is 115 Å². The second-order valence-corrected chi connectivity index (χ2v) is 4.74. The van der Waals surface area contributed by atoms with Crippen molar-refractivity contribution in [1.29, 1.82) is 0 Å². The molecule has 1 atom stereocenters. The zero-order valence-electron chi connectivity index (χ0n) is 11.3. The zero-order chi connectivity index (χ0) is 15.4. The fraction of sp³-hybridized carbons (Fsp3) is 0.385. The first-order valence-electron chi connectivity index (χ1n) is 5.98. The molecular weight excluding hydrogens is 270 g/mol. The normalized spacial score (nSPS) is 12.1. The first-order valence-corrected chi connectivity index (χ1v) is 5.98. The largest absolute Gasteiger partial charge is 0.480 e. The number of nitrogens with one attached hydrogen (secondary N) is 2. The average molecular weight is 286 g/mol. The van der Waals surface area contributed by atoms with Crippen LogP contribution in [0.3, 0.4) is 0 Å². The van der Waals surface area contributed by atoms with E-state index < -0.39 is 29.7 Å². The Kier molecular flexibility index (Phi) is 5.01. The molecule has 5 nitrogen and oxygen atoms in total. The highest BCUT2D eigenvalue weighted by atomic mass is 19.1. The fourth-order valence-corrected chi connectivity index (χ4v) is 1.56. The maximum absolute atomic E-state index is 13.5. The number of carboxylic acids is 1. The molecule has 0 unspecified atom stereocenters. The topological polar surface area (TPSA) is 78.4 Å². The number of carbonyl (C=O) groups is 2. The maximum atomic E-state index is 13.5. The van der Waals surface area contributed by atoms with Crippen molar-refractivity contribution in [3.05, 3.63) is 29.3 Å². The molecule has 3 N–H and O–H groups in total. The third-order valence-electron chi connectivity index (χ3n) is 2.72. The number of urea groups is 1. The predicted octanol–water partition coefficient (Wildman–Crippen LogP) is 2.50. The first kappa shape index (κ1) is 15.9. The van der Waals surface area contributed by atoms with E-state index in [0.717, 1.165) is 12.1 Å². The number of anilines is 1.